The fourth-order valence-electron chi connectivity index (χ4n) is 5.19. The number of benzene rings is 2. The van der Waals surface area contributed by atoms with Gasteiger partial charge in [-0.05, 0) is 42.8 Å². The minimum atomic E-state index is -0.791. The second kappa shape index (κ2) is 12.7. The number of aromatic nitrogens is 1. The lowest BCUT2D eigenvalue weighted by Crippen LogP contribution is -2.43. The molecule has 2 aliphatic heterocycles. The number of pyridine rings is 1. The average molecular weight is 584 g/mol. The normalized spacial score (nSPS) is 17.5. The van der Waals surface area contributed by atoms with Gasteiger partial charge in [0.25, 0.3) is 0 Å². The van der Waals surface area contributed by atoms with Gasteiger partial charge in [-0.2, -0.15) is 0 Å². The van der Waals surface area contributed by atoms with Crippen molar-refractivity contribution < 1.29 is 27.8 Å². The van der Waals surface area contributed by atoms with Gasteiger partial charge in [-0.15, -0.1) is 0 Å². The van der Waals surface area contributed by atoms with Crippen molar-refractivity contribution in [1.82, 2.24) is 15.4 Å². The highest BCUT2D eigenvalue weighted by Crippen LogP contribution is 2.32. The molecule has 2 fully saturated rings. The molecule has 1 atom stereocenters. The number of ether oxygens (including phenoxy) is 2. The zero-order valence-corrected chi connectivity index (χ0v) is 23.5. The summed E-state index contributed by atoms with van der Waals surface area (Å²) in [6, 6.07) is 12.0. The SMILES string of the molecule is COC(=S)CC[C@H]1CN(c2cc(F)c(N3CCNN(C(=O)CCc4ccnc5ccccc45)CC3)c(F)c2)C(=O)O1. The van der Waals surface area contributed by atoms with Crippen LogP contribution in [0.3, 0.4) is 0 Å². The van der Waals surface area contributed by atoms with E-state index in [4.69, 9.17) is 21.7 Å². The van der Waals surface area contributed by atoms with Crippen LogP contribution in [0.5, 0.6) is 0 Å². The number of nitrogens with zero attached hydrogens (tertiary/aromatic N) is 4. The van der Waals surface area contributed by atoms with E-state index in [-0.39, 0.29) is 43.3 Å². The maximum absolute atomic E-state index is 15.3. The van der Waals surface area contributed by atoms with Gasteiger partial charge in [0.15, 0.2) is 16.7 Å². The zero-order chi connectivity index (χ0) is 28.9. The molecule has 2 amide bonds. The summed E-state index contributed by atoms with van der Waals surface area (Å²) in [7, 11) is 1.48. The summed E-state index contributed by atoms with van der Waals surface area (Å²) in [5.41, 5.74) is 4.89. The Morgan fingerprint density at radius 3 is 2.71 bits per heavy atom. The molecule has 0 radical (unpaired) electrons. The van der Waals surface area contributed by atoms with E-state index in [1.165, 1.54) is 17.0 Å². The molecule has 3 aromatic rings. The highest BCUT2D eigenvalue weighted by molar-refractivity contribution is 7.80. The first-order valence-electron chi connectivity index (χ1n) is 13.5. The number of carbonyl (C=O) groups is 2. The lowest BCUT2D eigenvalue weighted by molar-refractivity contribution is -0.133. The molecule has 2 aliphatic rings. The number of anilines is 2. The van der Waals surface area contributed by atoms with Gasteiger partial charge < -0.3 is 14.4 Å². The predicted octanol–water partition coefficient (Wildman–Crippen LogP) is 4.38. The number of fused-ring (bicyclic) bond motifs is 1. The summed E-state index contributed by atoms with van der Waals surface area (Å²) in [5.74, 6) is -1.68. The number of para-hydroxylation sites is 1. The number of carbonyl (C=O) groups excluding carboxylic acids is 2. The highest BCUT2D eigenvalue weighted by Gasteiger charge is 2.34. The van der Waals surface area contributed by atoms with E-state index < -0.39 is 23.8 Å². The van der Waals surface area contributed by atoms with Gasteiger partial charge in [0.05, 0.1) is 31.4 Å². The molecule has 1 N–H and O–H groups in total. The Balaban J connectivity index is 1.20. The Kier molecular flexibility index (Phi) is 8.89. The third kappa shape index (κ3) is 6.54. The first-order valence-corrected chi connectivity index (χ1v) is 13.9. The molecule has 2 aromatic carbocycles. The number of aryl methyl sites for hydroxylation is 1. The van der Waals surface area contributed by atoms with E-state index in [0.717, 1.165) is 28.6 Å². The number of nitrogens with one attached hydrogen (secondary N) is 1. The van der Waals surface area contributed by atoms with Crippen LogP contribution in [0.2, 0.25) is 0 Å². The van der Waals surface area contributed by atoms with E-state index in [9.17, 15) is 9.59 Å². The van der Waals surface area contributed by atoms with Crippen LogP contribution in [-0.2, 0) is 20.7 Å². The lowest BCUT2D eigenvalue weighted by atomic mass is 10.0. The maximum atomic E-state index is 15.3. The first-order chi connectivity index (χ1) is 19.8. The van der Waals surface area contributed by atoms with Gasteiger partial charge in [0, 0.05) is 56.2 Å². The fourth-order valence-corrected chi connectivity index (χ4v) is 5.31. The van der Waals surface area contributed by atoms with Gasteiger partial charge >= 0.3 is 6.09 Å². The van der Waals surface area contributed by atoms with Crippen LogP contribution >= 0.6 is 12.2 Å². The van der Waals surface area contributed by atoms with E-state index in [1.807, 2.05) is 30.3 Å². The summed E-state index contributed by atoms with van der Waals surface area (Å²) in [6.45, 7) is 1.26. The lowest BCUT2D eigenvalue weighted by Gasteiger charge is -2.25. The van der Waals surface area contributed by atoms with E-state index >= 15 is 8.78 Å². The third-order valence-corrected chi connectivity index (χ3v) is 7.70. The van der Waals surface area contributed by atoms with Crippen molar-refractivity contribution in [3.05, 3.63) is 65.9 Å². The largest absolute Gasteiger partial charge is 0.490 e. The molecule has 0 bridgehead atoms. The topological polar surface area (TPSA) is 87.2 Å². The first kappa shape index (κ1) is 28.6. The molecule has 1 aromatic heterocycles. The summed E-state index contributed by atoms with van der Waals surface area (Å²) in [4.78, 5) is 32.6. The van der Waals surface area contributed by atoms with Crippen LogP contribution in [0, 0.1) is 11.6 Å². The molecule has 5 rings (SSSR count). The number of amides is 2. The molecule has 12 heteroatoms. The van der Waals surface area contributed by atoms with Crippen LogP contribution < -0.4 is 15.2 Å². The quantitative estimate of drug-likeness (QED) is 0.391. The van der Waals surface area contributed by atoms with Crippen LogP contribution in [-0.4, -0.2) is 73.0 Å². The minimum absolute atomic E-state index is 0.0824. The fraction of sp³-hybridized carbons (Fsp3) is 0.379. The van der Waals surface area contributed by atoms with Gasteiger partial charge in [0.1, 0.15) is 11.8 Å². The molecule has 0 saturated carbocycles. The molecule has 0 aliphatic carbocycles. The van der Waals surface area contributed by atoms with E-state index in [0.29, 0.717) is 37.4 Å². The molecule has 2 saturated heterocycles. The number of rotatable bonds is 8. The van der Waals surface area contributed by atoms with Crippen molar-refractivity contribution >= 4 is 51.5 Å². The Labute approximate surface area is 242 Å². The van der Waals surface area contributed by atoms with Crippen LogP contribution in [0.4, 0.5) is 25.0 Å². The molecule has 0 unspecified atom stereocenters. The molecule has 0 spiro atoms. The van der Waals surface area contributed by atoms with Crippen LogP contribution in [0.15, 0.2) is 48.7 Å². The number of halogens is 2. The van der Waals surface area contributed by atoms with Crippen LogP contribution in [0.25, 0.3) is 10.9 Å². The smallest absolute Gasteiger partial charge is 0.414 e. The van der Waals surface area contributed by atoms with Gasteiger partial charge in [-0.1, -0.05) is 18.2 Å². The van der Waals surface area contributed by atoms with Crippen molar-refractivity contribution in [3.63, 3.8) is 0 Å². The van der Waals surface area contributed by atoms with Gasteiger partial charge in [0.2, 0.25) is 5.91 Å². The second-order valence-corrected chi connectivity index (χ2v) is 10.4. The molecule has 9 nitrogen and oxygen atoms in total. The number of methoxy groups -OCH3 is 1. The minimum Gasteiger partial charge on any atom is -0.490 e. The molecular weight excluding hydrogens is 552 g/mol. The summed E-state index contributed by atoms with van der Waals surface area (Å²) in [6.07, 6.45) is 2.32. The Morgan fingerprint density at radius 2 is 1.93 bits per heavy atom. The molecule has 216 valence electrons. The van der Waals surface area contributed by atoms with E-state index in [1.54, 1.807) is 11.1 Å². The van der Waals surface area contributed by atoms with E-state index in [2.05, 4.69) is 10.4 Å². The van der Waals surface area contributed by atoms with Crippen LogP contribution in [0.1, 0.15) is 24.8 Å². The summed E-state index contributed by atoms with van der Waals surface area (Å²) in [5, 5.41) is 2.93. The number of hydrogen-bond donors (Lipinski definition) is 1. The molecular formula is C29H31F2N5O4S. The summed E-state index contributed by atoms with van der Waals surface area (Å²) >= 11 is 5.02. The maximum Gasteiger partial charge on any atom is 0.414 e. The number of cyclic esters (lactones) is 1. The highest BCUT2D eigenvalue weighted by atomic mass is 32.1. The van der Waals surface area contributed by atoms with Crippen molar-refractivity contribution in [3.8, 4) is 0 Å². The number of thiocarbonyl (C=S) groups is 1. The molecule has 3 heterocycles. The van der Waals surface area contributed by atoms with Crippen molar-refractivity contribution in [2.24, 2.45) is 0 Å². The number of hydrazine groups is 1. The number of hydrogen-bond acceptors (Lipinski definition) is 8. The van der Waals surface area contributed by atoms with Crippen molar-refractivity contribution in [2.45, 2.75) is 31.8 Å². The average Bonchev–Trinajstić information content (AvgIpc) is 3.18. The standard InChI is InChI=1S/C29H31F2N5O4S/c1-39-27(41)9-7-21-18-35(29(38)40-21)20-16-23(30)28(24(31)17-20)34-13-12-33-36(15-14-34)26(37)8-6-19-10-11-32-25-5-3-2-4-22(19)25/h2-5,10-11,16-17,21,33H,6-9,12-15,18H2,1H3/t21-/m0/s1. The predicted molar refractivity (Wildman–Crippen MR) is 155 cm³/mol. The van der Waals surface area contributed by atoms with Crippen molar-refractivity contribution in [2.75, 3.05) is 49.6 Å². The monoisotopic (exact) mass is 583 g/mol. The van der Waals surface area contributed by atoms with Gasteiger partial charge in [-0.3, -0.25) is 19.7 Å². The Hall–Kier alpha value is -3.90. The Bertz CT molecular complexity index is 1430. The second-order valence-electron chi connectivity index (χ2n) is 9.92. The molecule has 41 heavy (non-hydrogen) atoms. The zero-order valence-electron chi connectivity index (χ0n) is 22.6. The Morgan fingerprint density at radius 1 is 1.15 bits per heavy atom. The third-order valence-electron chi connectivity index (χ3n) is 7.33. The van der Waals surface area contributed by atoms with Gasteiger partial charge in [-0.25, -0.2) is 19.0 Å². The summed E-state index contributed by atoms with van der Waals surface area (Å²) < 4.78 is 40.9. The van der Waals surface area contributed by atoms with Crippen molar-refractivity contribution in [1.29, 1.82) is 0 Å².